The topological polar surface area (TPSA) is 79.7 Å². The molecule has 2 heterocycles. The molecule has 0 aliphatic rings. The summed E-state index contributed by atoms with van der Waals surface area (Å²) in [5, 5.41) is 13.8. The lowest BCUT2D eigenvalue weighted by atomic mass is 10.1. The van der Waals surface area contributed by atoms with E-state index < -0.39 is 0 Å². The van der Waals surface area contributed by atoms with Crippen LogP contribution in [0.25, 0.3) is 10.9 Å². The van der Waals surface area contributed by atoms with Gasteiger partial charge in [0.1, 0.15) is 5.82 Å². The number of hydrogen-bond donors (Lipinski definition) is 1. The quantitative estimate of drug-likeness (QED) is 0.327. The van der Waals surface area contributed by atoms with Crippen LogP contribution < -0.4 is 5.56 Å². The number of benzene rings is 3. The van der Waals surface area contributed by atoms with Gasteiger partial charge >= 0.3 is 0 Å². The van der Waals surface area contributed by atoms with Gasteiger partial charge in [-0.05, 0) is 70.3 Å². The number of pyridine rings is 1. The number of hydrogen-bond acceptors (Lipinski definition) is 5. The van der Waals surface area contributed by atoms with Crippen LogP contribution >= 0.6 is 11.6 Å². The number of tetrazole rings is 1. The largest absolute Gasteiger partial charge is 0.322 e. The van der Waals surface area contributed by atoms with Gasteiger partial charge in [0.25, 0.3) is 5.56 Å². The zero-order chi connectivity index (χ0) is 25.1. The number of aryl methyl sites for hydroxylation is 1. The lowest BCUT2D eigenvalue weighted by molar-refractivity contribution is 0.236. The van der Waals surface area contributed by atoms with Gasteiger partial charge in [-0.25, -0.2) is 9.07 Å². The number of H-pyrrole nitrogens is 1. The third kappa shape index (κ3) is 5.50. The summed E-state index contributed by atoms with van der Waals surface area (Å²) in [6.45, 7) is 3.67. The van der Waals surface area contributed by atoms with Crippen molar-refractivity contribution in [2.75, 3.05) is 0 Å². The highest BCUT2D eigenvalue weighted by Crippen LogP contribution is 2.20. The van der Waals surface area contributed by atoms with Crippen molar-refractivity contribution in [2.45, 2.75) is 33.1 Å². The van der Waals surface area contributed by atoms with Crippen molar-refractivity contribution < 1.29 is 4.39 Å². The number of aromatic nitrogens is 5. The second kappa shape index (κ2) is 10.4. The zero-order valence-electron chi connectivity index (χ0n) is 19.7. The molecule has 5 aromatic rings. The molecule has 1 N–H and O–H groups in total. The van der Waals surface area contributed by atoms with E-state index in [2.05, 4.69) is 31.5 Å². The lowest BCUT2D eigenvalue weighted by Gasteiger charge is -2.22. The summed E-state index contributed by atoms with van der Waals surface area (Å²) < 4.78 is 15.0. The van der Waals surface area contributed by atoms with Crippen LogP contribution in [0.2, 0.25) is 5.02 Å². The van der Waals surface area contributed by atoms with Crippen LogP contribution in [0.3, 0.4) is 0 Å². The molecule has 7 nitrogen and oxygen atoms in total. The molecule has 3 aromatic carbocycles. The van der Waals surface area contributed by atoms with Gasteiger partial charge in [0.05, 0.1) is 13.1 Å². The molecule has 9 heteroatoms. The van der Waals surface area contributed by atoms with Crippen LogP contribution in [0.5, 0.6) is 0 Å². The van der Waals surface area contributed by atoms with Gasteiger partial charge < -0.3 is 4.98 Å². The minimum absolute atomic E-state index is 0.138. The Balaban J connectivity index is 1.45. The van der Waals surface area contributed by atoms with E-state index in [0.717, 1.165) is 27.6 Å². The van der Waals surface area contributed by atoms with E-state index in [1.807, 2.05) is 49.4 Å². The van der Waals surface area contributed by atoms with Crippen molar-refractivity contribution in [3.63, 3.8) is 0 Å². The van der Waals surface area contributed by atoms with Crippen LogP contribution in [0.4, 0.5) is 4.39 Å². The Bertz CT molecular complexity index is 1560. The first-order chi connectivity index (χ1) is 17.4. The summed E-state index contributed by atoms with van der Waals surface area (Å²) in [4.78, 5) is 18.0. The van der Waals surface area contributed by atoms with Gasteiger partial charge in [-0.3, -0.25) is 9.69 Å². The fourth-order valence-corrected chi connectivity index (χ4v) is 4.38. The molecule has 0 radical (unpaired) electrons. The molecule has 0 spiro atoms. The highest BCUT2D eigenvalue weighted by Gasteiger charge is 2.17. The minimum atomic E-state index is -0.294. The lowest BCUT2D eigenvalue weighted by Crippen LogP contribution is -2.28. The highest BCUT2D eigenvalue weighted by molar-refractivity contribution is 6.31. The summed E-state index contributed by atoms with van der Waals surface area (Å²) >= 11 is 6.46. The molecule has 0 atom stereocenters. The normalized spacial score (nSPS) is 11.4. The van der Waals surface area contributed by atoms with Crippen LogP contribution in [-0.2, 0) is 26.2 Å². The maximum absolute atomic E-state index is 13.3. The number of aromatic amines is 1. The number of halogens is 2. The molecule has 0 aliphatic heterocycles. The highest BCUT2D eigenvalue weighted by atomic mass is 35.5. The van der Waals surface area contributed by atoms with Gasteiger partial charge in [0.2, 0.25) is 0 Å². The Kier molecular flexibility index (Phi) is 6.88. The summed E-state index contributed by atoms with van der Waals surface area (Å²) in [6, 6.07) is 21.7. The first kappa shape index (κ1) is 23.8. The van der Waals surface area contributed by atoms with E-state index in [4.69, 9.17) is 11.6 Å². The van der Waals surface area contributed by atoms with Crippen molar-refractivity contribution in [1.29, 1.82) is 0 Å². The molecule has 0 saturated carbocycles. The zero-order valence-corrected chi connectivity index (χ0v) is 20.4. The van der Waals surface area contributed by atoms with E-state index in [-0.39, 0.29) is 11.4 Å². The Morgan fingerprint density at radius 3 is 2.56 bits per heavy atom. The van der Waals surface area contributed by atoms with Gasteiger partial charge in [-0.1, -0.05) is 53.6 Å². The minimum Gasteiger partial charge on any atom is -0.322 e. The maximum atomic E-state index is 13.3. The molecular weight excluding hydrogens is 479 g/mol. The molecule has 2 aromatic heterocycles. The molecule has 36 heavy (non-hydrogen) atoms. The number of nitrogens with zero attached hydrogens (tertiary/aromatic N) is 5. The number of rotatable bonds is 8. The first-order valence-electron chi connectivity index (χ1n) is 11.5. The summed E-state index contributed by atoms with van der Waals surface area (Å²) in [5.74, 6) is 0.330. The average molecular weight is 503 g/mol. The van der Waals surface area contributed by atoms with Crippen molar-refractivity contribution in [3.05, 3.63) is 122 Å². The summed E-state index contributed by atoms with van der Waals surface area (Å²) in [6.07, 6.45) is 0. The van der Waals surface area contributed by atoms with Gasteiger partial charge in [0, 0.05) is 29.2 Å². The molecule has 0 unspecified atom stereocenters. The Labute approximate surface area is 212 Å². The smallest absolute Gasteiger partial charge is 0.252 e. The molecule has 0 saturated heterocycles. The van der Waals surface area contributed by atoms with Crippen LogP contribution in [0.15, 0.2) is 77.6 Å². The number of nitrogens with one attached hydrogen (secondary N) is 1. The van der Waals surface area contributed by atoms with E-state index >= 15 is 0 Å². The molecule has 0 fully saturated rings. The van der Waals surface area contributed by atoms with Crippen LogP contribution in [0.1, 0.15) is 28.1 Å². The van der Waals surface area contributed by atoms with E-state index in [0.29, 0.717) is 42.6 Å². The molecule has 182 valence electrons. The fraction of sp³-hybridized carbons (Fsp3) is 0.185. The third-order valence-corrected chi connectivity index (χ3v) is 6.41. The molecule has 0 amide bonds. The average Bonchev–Trinajstić information content (AvgIpc) is 3.29. The SMILES string of the molecule is Cc1ccc2[nH]c(=O)c(CN(Cc3ccccc3Cl)Cc3nnnn3Cc3ccc(F)cc3)cc2c1. The third-order valence-electron chi connectivity index (χ3n) is 6.04. The first-order valence-corrected chi connectivity index (χ1v) is 11.9. The summed E-state index contributed by atoms with van der Waals surface area (Å²) in [7, 11) is 0. The predicted octanol–water partition coefficient (Wildman–Crippen LogP) is 4.87. The Morgan fingerprint density at radius 2 is 1.75 bits per heavy atom. The van der Waals surface area contributed by atoms with Gasteiger partial charge in [-0.2, -0.15) is 0 Å². The standard InChI is InChI=1S/C27H24ClFN6O/c1-18-6-11-25-21(12-18)13-22(27(36)30-25)16-34(15-20-4-2-3-5-24(20)28)17-26-31-32-33-35(26)14-19-7-9-23(29)10-8-19/h2-13H,14-17H2,1H3,(H,30,36). The second-order valence-corrected chi connectivity index (χ2v) is 9.24. The molecule has 0 aliphatic carbocycles. The van der Waals surface area contributed by atoms with Crippen molar-refractivity contribution in [3.8, 4) is 0 Å². The fourth-order valence-electron chi connectivity index (χ4n) is 4.19. The predicted molar refractivity (Wildman–Crippen MR) is 137 cm³/mol. The monoisotopic (exact) mass is 502 g/mol. The number of fused-ring (bicyclic) bond motifs is 1. The van der Waals surface area contributed by atoms with E-state index in [9.17, 15) is 9.18 Å². The second-order valence-electron chi connectivity index (χ2n) is 8.83. The van der Waals surface area contributed by atoms with Gasteiger partial charge in [-0.15, -0.1) is 5.10 Å². The summed E-state index contributed by atoms with van der Waals surface area (Å²) in [5.41, 5.74) is 4.23. The van der Waals surface area contributed by atoms with E-state index in [1.54, 1.807) is 16.8 Å². The maximum Gasteiger partial charge on any atom is 0.252 e. The Hall–Kier alpha value is -3.88. The molecule has 5 rings (SSSR count). The van der Waals surface area contributed by atoms with Gasteiger partial charge in [0.15, 0.2) is 5.82 Å². The van der Waals surface area contributed by atoms with Crippen molar-refractivity contribution in [2.24, 2.45) is 0 Å². The van der Waals surface area contributed by atoms with Crippen LogP contribution in [-0.4, -0.2) is 30.1 Å². The molecular formula is C27H24ClFN6O. The molecule has 0 bridgehead atoms. The van der Waals surface area contributed by atoms with Crippen molar-refractivity contribution >= 4 is 22.5 Å². The van der Waals surface area contributed by atoms with Crippen LogP contribution in [0, 0.1) is 12.7 Å². The van der Waals surface area contributed by atoms with Crippen molar-refractivity contribution in [1.82, 2.24) is 30.1 Å². The van der Waals surface area contributed by atoms with E-state index in [1.165, 1.54) is 12.1 Å². The Morgan fingerprint density at radius 1 is 0.972 bits per heavy atom.